The van der Waals surface area contributed by atoms with E-state index in [1.165, 1.54) is 0 Å². The Morgan fingerprint density at radius 2 is 1.81 bits per heavy atom. The van der Waals surface area contributed by atoms with Crippen molar-refractivity contribution in [3.63, 3.8) is 0 Å². The minimum Gasteiger partial charge on any atom is -0.303 e. The highest BCUT2D eigenvalue weighted by molar-refractivity contribution is 7.97. The van der Waals surface area contributed by atoms with Crippen molar-refractivity contribution in [2.45, 2.75) is 18.2 Å². The first-order valence-electron chi connectivity index (χ1n) is 4.27. The molecule has 0 bridgehead atoms. The Bertz CT molecular complexity index is 323. The molecule has 0 amide bonds. The van der Waals surface area contributed by atoms with Gasteiger partial charge in [-0.25, -0.2) is 8.78 Å². The van der Waals surface area contributed by atoms with Crippen LogP contribution in [-0.4, -0.2) is 21.4 Å². The molecule has 0 aliphatic heterocycles. The smallest absolute Gasteiger partial charge is 0.303 e. The Balaban J connectivity index is 2.51. The lowest BCUT2D eigenvalue weighted by Gasteiger charge is -2.20. The second-order valence-corrected chi connectivity index (χ2v) is 4.10. The maximum Gasteiger partial charge on any atom is 0.368 e. The third-order valence-electron chi connectivity index (χ3n) is 1.64. The van der Waals surface area contributed by atoms with E-state index < -0.39 is 23.6 Å². The molecule has 1 aromatic carbocycles. The van der Waals surface area contributed by atoms with Gasteiger partial charge in [0.1, 0.15) is 0 Å². The fourth-order valence-corrected chi connectivity index (χ4v) is 1.53. The van der Waals surface area contributed by atoms with Gasteiger partial charge < -0.3 is 5.21 Å². The standard InChI is InChI=1S/C9H9F4NOS/c10-8(11)9(12,13)16-14(15)6-7-4-2-1-3-5-7/h1-5,8,15H,6H2. The average molecular weight is 255 g/mol. The summed E-state index contributed by atoms with van der Waals surface area (Å²) in [5.74, 6) is 0. The lowest BCUT2D eigenvalue weighted by atomic mass is 10.2. The molecule has 0 aliphatic carbocycles. The summed E-state index contributed by atoms with van der Waals surface area (Å²) in [6.45, 7) is -0.256. The number of benzene rings is 1. The van der Waals surface area contributed by atoms with Crippen LogP contribution in [0.3, 0.4) is 0 Å². The van der Waals surface area contributed by atoms with Gasteiger partial charge in [0, 0.05) is 11.9 Å². The molecule has 0 atom stereocenters. The quantitative estimate of drug-likeness (QED) is 0.495. The zero-order valence-corrected chi connectivity index (χ0v) is 8.80. The third-order valence-corrected chi connectivity index (χ3v) is 2.40. The summed E-state index contributed by atoms with van der Waals surface area (Å²) in [7, 11) is 0. The normalized spacial score (nSPS) is 12.4. The van der Waals surface area contributed by atoms with Crippen LogP contribution in [-0.2, 0) is 6.54 Å². The molecule has 7 heteroatoms. The van der Waals surface area contributed by atoms with Crippen molar-refractivity contribution in [3.05, 3.63) is 35.9 Å². The number of rotatable bonds is 5. The first-order chi connectivity index (χ1) is 7.42. The lowest BCUT2D eigenvalue weighted by Crippen LogP contribution is -2.27. The summed E-state index contributed by atoms with van der Waals surface area (Å²) in [4.78, 5) is 0. The molecular weight excluding hydrogens is 246 g/mol. The number of alkyl halides is 4. The van der Waals surface area contributed by atoms with Gasteiger partial charge in [-0.2, -0.15) is 8.78 Å². The van der Waals surface area contributed by atoms with Gasteiger partial charge in [-0.3, -0.25) is 0 Å². The molecule has 0 radical (unpaired) electrons. The molecule has 0 saturated heterocycles. The molecule has 0 aromatic heterocycles. The van der Waals surface area contributed by atoms with Crippen molar-refractivity contribution in [1.82, 2.24) is 4.47 Å². The summed E-state index contributed by atoms with van der Waals surface area (Å²) in [5, 5.41) is 4.78. The van der Waals surface area contributed by atoms with Gasteiger partial charge in [0.15, 0.2) is 0 Å². The van der Waals surface area contributed by atoms with E-state index in [4.69, 9.17) is 5.21 Å². The number of nitrogens with zero attached hydrogens (tertiary/aromatic N) is 1. The van der Waals surface area contributed by atoms with E-state index in [1.807, 2.05) is 0 Å². The molecule has 16 heavy (non-hydrogen) atoms. The molecule has 0 aliphatic rings. The van der Waals surface area contributed by atoms with E-state index in [9.17, 15) is 17.6 Å². The van der Waals surface area contributed by atoms with Gasteiger partial charge >= 0.3 is 11.7 Å². The predicted octanol–water partition coefficient (Wildman–Crippen LogP) is 3.38. The second-order valence-electron chi connectivity index (χ2n) is 2.95. The Kier molecular flexibility index (Phi) is 4.57. The molecule has 2 nitrogen and oxygen atoms in total. The van der Waals surface area contributed by atoms with Gasteiger partial charge in [-0.1, -0.05) is 30.3 Å². The summed E-state index contributed by atoms with van der Waals surface area (Å²) in [6.07, 6.45) is -3.82. The van der Waals surface area contributed by atoms with E-state index in [-0.39, 0.29) is 11.0 Å². The Morgan fingerprint density at radius 1 is 1.25 bits per heavy atom. The van der Waals surface area contributed by atoms with Gasteiger partial charge in [-0.05, 0) is 5.56 Å². The molecule has 1 N–H and O–H groups in total. The molecule has 0 fully saturated rings. The Morgan fingerprint density at radius 3 is 2.31 bits per heavy atom. The highest BCUT2D eigenvalue weighted by atomic mass is 32.2. The van der Waals surface area contributed by atoms with E-state index in [1.54, 1.807) is 30.3 Å². The van der Waals surface area contributed by atoms with E-state index in [0.29, 0.717) is 5.56 Å². The number of halogens is 4. The van der Waals surface area contributed by atoms with Crippen molar-refractivity contribution in [2.24, 2.45) is 0 Å². The highest BCUT2D eigenvalue weighted by Crippen LogP contribution is 2.37. The Hall–Kier alpha value is -0.790. The zero-order chi connectivity index (χ0) is 12.2. The summed E-state index contributed by atoms with van der Waals surface area (Å²) < 4.78 is 48.7. The fraction of sp³-hybridized carbons (Fsp3) is 0.333. The molecule has 0 spiro atoms. The minimum absolute atomic E-state index is 0.0987. The molecule has 1 aromatic rings. The van der Waals surface area contributed by atoms with Crippen molar-refractivity contribution in [2.75, 3.05) is 0 Å². The highest BCUT2D eigenvalue weighted by Gasteiger charge is 2.43. The zero-order valence-electron chi connectivity index (χ0n) is 7.99. The predicted molar refractivity (Wildman–Crippen MR) is 52.3 cm³/mol. The van der Waals surface area contributed by atoms with Crippen LogP contribution in [0.4, 0.5) is 17.6 Å². The molecular formula is C9H9F4NOS. The molecule has 0 unspecified atom stereocenters. The third kappa shape index (κ3) is 3.99. The average Bonchev–Trinajstić information content (AvgIpc) is 2.17. The van der Waals surface area contributed by atoms with Gasteiger partial charge in [-0.15, -0.1) is 4.47 Å². The maximum absolute atomic E-state index is 12.5. The Labute approximate surface area is 94.0 Å². The van der Waals surface area contributed by atoms with E-state index in [2.05, 4.69) is 0 Å². The number of hydrogen-bond acceptors (Lipinski definition) is 3. The van der Waals surface area contributed by atoms with E-state index in [0.717, 1.165) is 0 Å². The van der Waals surface area contributed by atoms with Crippen LogP contribution >= 0.6 is 11.9 Å². The van der Waals surface area contributed by atoms with Crippen LogP contribution in [0.25, 0.3) is 0 Å². The van der Waals surface area contributed by atoms with E-state index >= 15 is 0 Å². The van der Waals surface area contributed by atoms with Crippen LogP contribution in [0, 0.1) is 0 Å². The van der Waals surface area contributed by atoms with Gasteiger partial charge in [0.25, 0.3) is 0 Å². The van der Waals surface area contributed by atoms with Gasteiger partial charge in [0.05, 0.1) is 6.54 Å². The SMILES string of the molecule is ON(Cc1ccccc1)SC(F)(F)C(F)F. The van der Waals surface area contributed by atoms with Crippen LogP contribution in [0.5, 0.6) is 0 Å². The van der Waals surface area contributed by atoms with Gasteiger partial charge in [0.2, 0.25) is 0 Å². The lowest BCUT2D eigenvalue weighted by molar-refractivity contribution is -0.0716. The molecule has 90 valence electrons. The largest absolute Gasteiger partial charge is 0.368 e. The van der Waals surface area contributed by atoms with Crippen molar-refractivity contribution >= 4 is 11.9 Å². The number of hydroxylamine groups is 1. The van der Waals surface area contributed by atoms with Crippen LogP contribution in [0.15, 0.2) is 30.3 Å². The maximum atomic E-state index is 12.5. The minimum atomic E-state index is -4.29. The van der Waals surface area contributed by atoms with Crippen LogP contribution in [0.2, 0.25) is 0 Å². The topological polar surface area (TPSA) is 23.5 Å². The van der Waals surface area contributed by atoms with Crippen molar-refractivity contribution in [3.8, 4) is 0 Å². The second kappa shape index (κ2) is 5.51. The molecule has 1 rings (SSSR count). The fourth-order valence-electron chi connectivity index (χ4n) is 0.952. The van der Waals surface area contributed by atoms with Crippen LogP contribution < -0.4 is 0 Å². The van der Waals surface area contributed by atoms with Crippen molar-refractivity contribution in [1.29, 1.82) is 0 Å². The van der Waals surface area contributed by atoms with Crippen molar-refractivity contribution < 1.29 is 22.8 Å². The summed E-state index contributed by atoms with van der Waals surface area (Å²) in [5.41, 5.74) is 0.544. The first-order valence-corrected chi connectivity index (χ1v) is 5.04. The molecule has 0 heterocycles. The first kappa shape index (κ1) is 13.3. The van der Waals surface area contributed by atoms with Crippen LogP contribution in [0.1, 0.15) is 5.56 Å². The number of hydrogen-bond donors (Lipinski definition) is 1. The monoisotopic (exact) mass is 255 g/mol. The molecule has 0 saturated carbocycles. The summed E-state index contributed by atoms with van der Waals surface area (Å²) >= 11 is -0.590. The summed E-state index contributed by atoms with van der Waals surface area (Å²) in [6, 6.07) is 8.19.